The summed E-state index contributed by atoms with van der Waals surface area (Å²) in [6.45, 7) is 6.14. The van der Waals surface area contributed by atoms with Crippen LogP contribution in [-0.4, -0.2) is 48.9 Å². The first-order valence-corrected chi connectivity index (χ1v) is 13.2. The molecule has 1 aromatic heterocycles. The Kier molecular flexibility index (Phi) is 7.97. The second-order valence-electron chi connectivity index (χ2n) is 9.40. The molecule has 0 spiro atoms. The predicted molar refractivity (Wildman–Crippen MR) is 141 cm³/mol. The van der Waals surface area contributed by atoms with Gasteiger partial charge in [0, 0.05) is 6.07 Å². The Hall–Kier alpha value is -3.66. The lowest BCUT2D eigenvalue weighted by Gasteiger charge is -2.22. The number of thioether (sulfide) groups is 1. The van der Waals surface area contributed by atoms with E-state index in [1.54, 1.807) is 45.0 Å². The lowest BCUT2D eigenvalue weighted by atomic mass is 10.0. The number of nitrogens with one attached hydrogen (secondary N) is 1. The summed E-state index contributed by atoms with van der Waals surface area (Å²) in [5, 5.41) is 2.91. The topological polar surface area (TPSA) is 113 Å². The summed E-state index contributed by atoms with van der Waals surface area (Å²) >= 11 is 1.54. The number of hydrogen-bond acceptors (Lipinski definition) is 9. The maximum atomic E-state index is 13.2. The molecule has 2 aromatic carbocycles. The van der Waals surface area contributed by atoms with Gasteiger partial charge in [0.05, 0.1) is 10.9 Å². The number of ether oxygens (including phenoxy) is 4. The molecule has 10 heteroatoms. The molecular weight excluding hydrogens is 498 g/mol. The number of benzene rings is 2. The number of fused-ring (bicyclic) bond motifs is 2. The van der Waals surface area contributed by atoms with Crippen molar-refractivity contribution in [3.63, 3.8) is 0 Å². The van der Waals surface area contributed by atoms with E-state index >= 15 is 0 Å². The van der Waals surface area contributed by atoms with Gasteiger partial charge >= 0.3 is 12.1 Å². The maximum absolute atomic E-state index is 13.2. The highest BCUT2D eigenvalue weighted by atomic mass is 32.2. The van der Waals surface area contributed by atoms with Crippen molar-refractivity contribution in [3.05, 3.63) is 52.9 Å². The fraction of sp³-hybridized carbons (Fsp3) is 0.370. The molecule has 0 bridgehead atoms. The summed E-state index contributed by atoms with van der Waals surface area (Å²) in [6, 6.07) is 8.91. The molecule has 196 valence electrons. The first-order valence-electron chi connectivity index (χ1n) is 11.8. The largest absolute Gasteiger partial charge is 0.486 e. The second-order valence-corrected chi connectivity index (χ2v) is 10.4. The highest BCUT2D eigenvalue weighted by molar-refractivity contribution is 7.98. The smallest absolute Gasteiger partial charge is 0.408 e. The molecule has 0 saturated heterocycles. The molecule has 1 aliphatic heterocycles. The lowest BCUT2D eigenvalue weighted by Crippen LogP contribution is -2.45. The van der Waals surface area contributed by atoms with E-state index in [0.29, 0.717) is 53.4 Å². The molecule has 1 amide bonds. The number of amides is 1. The predicted octanol–water partition coefficient (Wildman–Crippen LogP) is 4.78. The first kappa shape index (κ1) is 26.4. The highest BCUT2D eigenvalue weighted by Crippen LogP contribution is 2.34. The summed E-state index contributed by atoms with van der Waals surface area (Å²) in [6.07, 6.45) is 2.93. The Morgan fingerprint density at radius 3 is 2.57 bits per heavy atom. The van der Waals surface area contributed by atoms with Crippen LogP contribution in [-0.2, 0) is 9.53 Å². The summed E-state index contributed by atoms with van der Waals surface area (Å²) in [7, 11) is 0. The van der Waals surface area contributed by atoms with Crippen molar-refractivity contribution in [1.82, 2.24) is 5.32 Å². The van der Waals surface area contributed by atoms with Crippen molar-refractivity contribution in [3.8, 4) is 28.4 Å². The zero-order valence-electron chi connectivity index (χ0n) is 21.1. The van der Waals surface area contributed by atoms with Crippen molar-refractivity contribution in [2.75, 3.05) is 25.2 Å². The van der Waals surface area contributed by atoms with Crippen molar-refractivity contribution >= 4 is 34.8 Å². The molecule has 1 atom stereocenters. The summed E-state index contributed by atoms with van der Waals surface area (Å²) in [5.41, 5.74) is 0.331. The van der Waals surface area contributed by atoms with Gasteiger partial charge < -0.3 is 28.7 Å². The van der Waals surface area contributed by atoms with Crippen LogP contribution in [0.5, 0.6) is 17.2 Å². The minimum atomic E-state index is -0.900. The molecule has 0 fully saturated rings. The van der Waals surface area contributed by atoms with E-state index in [-0.39, 0.29) is 16.8 Å². The number of carbonyl (C=O) groups excluding carboxylic acids is 2. The molecule has 37 heavy (non-hydrogen) atoms. The van der Waals surface area contributed by atoms with Crippen LogP contribution < -0.4 is 25.0 Å². The van der Waals surface area contributed by atoms with Crippen LogP contribution in [0.3, 0.4) is 0 Å². The number of alkyl carbamates (subject to hydrolysis) is 1. The molecular formula is C27H29NO8S. The van der Waals surface area contributed by atoms with Crippen LogP contribution in [0.1, 0.15) is 27.2 Å². The fourth-order valence-corrected chi connectivity index (χ4v) is 4.18. The van der Waals surface area contributed by atoms with Crippen molar-refractivity contribution < 1.29 is 33.0 Å². The van der Waals surface area contributed by atoms with Crippen molar-refractivity contribution in [2.24, 2.45) is 0 Å². The van der Waals surface area contributed by atoms with Crippen LogP contribution in [0.4, 0.5) is 4.79 Å². The SMILES string of the molecule is CSCC[C@@H](NC(=O)OC(C)(C)C)C(=O)Oc1ccc2c(=O)c(-c3ccc4c(c3)OCCO4)coc2c1. The average molecular weight is 528 g/mol. The molecule has 3 aromatic rings. The van der Waals surface area contributed by atoms with E-state index in [1.807, 2.05) is 6.26 Å². The standard InChI is InChI=1S/C27H29NO8S/c1-27(2,3)36-26(31)28-20(9-12-37-4)25(30)35-17-6-7-18-22(14-17)34-15-19(24(18)29)16-5-8-21-23(13-16)33-11-10-32-21/h5-8,13-15,20H,9-12H2,1-4H3,(H,28,31)/t20-/m1/s1. The van der Waals surface area contributed by atoms with Crippen LogP contribution in [0.25, 0.3) is 22.1 Å². The number of hydrogen-bond donors (Lipinski definition) is 1. The van der Waals surface area contributed by atoms with E-state index < -0.39 is 23.7 Å². The Labute approximate surface area is 218 Å². The van der Waals surface area contributed by atoms with Crippen molar-refractivity contribution in [2.45, 2.75) is 38.8 Å². The molecule has 0 unspecified atom stereocenters. The zero-order valence-corrected chi connectivity index (χ0v) is 21.9. The number of rotatable bonds is 7. The monoisotopic (exact) mass is 527 g/mol. The Balaban J connectivity index is 1.53. The summed E-state index contributed by atoms with van der Waals surface area (Å²) < 4.78 is 27.7. The molecule has 0 aliphatic carbocycles. The van der Waals surface area contributed by atoms with Gasteiger partial charge in [-0.15, -0.1) is 0 Å². The van der Waals surface area contributed by atoms with Crippen LogP contribution in [0.15, 0.2) is 51.9 Å². The Morgan fingerprint density at radius 2 is 1.84 bits per heavy atom. The Bertz CT molecular complexity index is 1360. The van der Waals surface area contributed by atoms with Crippen LogP contribution in [0, 0.1) is 0 Å². The highest BCUT2D eigenvalue weighted by Gasteiger charge is 2.26. The normalized spacial score (nSPS) is 13.6. The number of carbonyl (C=O) groups is 2. The van der Waals surface area contributed by atoms with Gasteiger partial charge in [-0.25, -0.2) is 9.59 Å². The Morgan fingerprint density at radius 1 is 1.08 bits per heavy atom. The number of esters is 1. The minimum Gasteiger partial charge on any atom is -0.486 e. The molecule has 1 aliphatic rings. The van der Waals surface area contributed by atoms with E-state index in [1.165, 1.54) is 30.2 Å². The van der Waals surface area contributed by atoms with Gasteiger partial charge in [0.1, 0.15) is 42.5 Å². The van der Waals surface area contributed by atoms with Gasteiger partial charge in [-0.05, 0) is 69.0 Å². The van der Waals surface area contributed by atoms with Gasteiger partial charge in [-0.1, -0.05) is 6.07 Å². The quantitative estimate of drug-likeness (QED) is 0.342. The van der Waals surface area contributed by atoms with E-state index in [0.717, 1.165) is 0 Å². The van der Waals surface area contributed by atoms with E-state index in [4.69, 9.17) is 23.4 Å². The zero-order chi connectivity index (χ0) is 26.6. The maximum Gasteiger partial charge on any atom is 0.408 e. The first-order chi connectivity index (χ1) is 17.6. The molecule has 9 nitrogen and oxygen atoms in total. The van der Waals surface area contributed by atoms with E-state index in [2.05, 4.69) is 5.32 Å². The molecule has 1 N–H and O–H groups in total. The van der Waals surface area contributed by atoms with Crippen LogP contribution >= 0.6 is 11.8 Å². The molecule has 0 radical (unpaired) electrons. The van der Waals surface area contributed by atoms with E-state index in [9.17, 15) is 14.4 Å². The van der Waals surface area contributed by atoms with Gasteiger partial charge in [0.15, 0.2) is 16.9 Å². The van der Waals surface area contributed by atoms with Gasteiger partial charge in [0.2, 0.25) is 0 Å². The third-order valence-electron chi connectivity index (χ3n) is 5.40. The molecule has 4 rings (SSSR count). The van der Waals surface area contributed by atoms with Gasteiger partial charge in [0.25, 0.3) is 0 Å². The third-order valence-corrected chi connectivity index (χ3v) is 6.05. The molecule has 0 saturated carbocycles. The lowest BCUT2D eigenvalue weighted by molar-refractivity contribution is -0.136. The fourth-order valence-electron chi connectivity index (χ4n) is 3.70. The average Bonchev–Trinajstić information content (AvgIpc) is 2.85. The second kappa shape index (κ2) is 11.2. The molecule has 2 heterocycles. The minimum absolute atomic E-state index is 0.188. The van der Waals surface area contributed by atoms with Gasteiger partial charge in [-0.3, -0.25) is 4.79 Å². The summed E-state index contributed by atoms with van der Waals surface area (Å²) in [5.74, 6) is 1.37. The van der Waals surface area contributed by atoms with Crippen LogP contribution in [0.2, 0.25) is 0 Å². The summed E-state index contributed by atoms with van der Waals surface area (Å²) in [4.78, 5) is 38.3. The third kappa shape index (κ3) is 6.56. The van der Waals surface area contributed by atoms with Gasteiger partial charge in [-0.2, -0.15) is 11.8 Å². The van der Waals surface area contributed by atoms with Crippen molar-refractivity contribution in [1.29, 1.82) is 0 Å².